The summed E-state index contributed by atoms with van der Waals surface area (Å²) < 4.78 is 10.4. The molecular weight excluding hydrogens is 380 g/mol. The molecule has 0 aliphatic carbocycles. The summed E-state index contributed by atoms with van der Waals surface area (Å²) in [4.78, 5) is 20.7. The van der Waals surface area contributed by atoms with Crippen molar-refractivity contribution < 1.29 is 14.3 Å². The van der Waals surface area contributed by atoms with Gasteiger partial charge in [-0.25, -0.2) is 9.97 Å². The minimum atomic E-state index is -0.393. The quantitative estimate of drug-likeness (QED) is 0.625. The normalized spacial score (nSPS) is 10.2. The van der Waals surface area contributed by atoms with Gasteiger partial charge in [0.25, 0.3) is 5.91 Å². The van der Waals surface area contributed by atoms with Crippen LogP contribution in [0.3, 0.4) is 0 Å². The van der Waals surface area contributed by atoms with E-state index in [0.717, 1.165) is 11.3 Å². The van der Waals surface area contributed by atoms with E-state index in [1.165, 1.54) is 13.4 Å². The van der Waals surface area contributed by atoms with Crippen molar-refractivity contribution in [3.8, 4) is 11.5 Å². The molecule has 1 amide bonds. The minimum Gasteiger partial charge on any atom is -0.497 e. The van der Waals surface area contributed by atoms with Crippen LogP contribution in [0.1, 0.15) is 16.1 Å². The molecule has 0 saturated heterocycles. The Labute approximate surface area is 167 Å². The fourth-order valence-electron chi connectivity index (χ4n) is 2.48. The predicted octanol–water partition coefficient (Wildman–Crippen LogP) is 4.01. The van der Waals surface area contributed by atoms with E-state index < -0.39 is 5.91 Å². The molecule has 144 valence electrons. The van der Waals surface area contributed by atoms with Gasteiger partial charge < -0.3 is 20.1 Å². The first kappa shape index (κ1) is 19.4. The Morgan fingerprint density at radius 2 is 1.82 bits per heavy atom. The molecule has 1 aromatic heterocycles. The molecule has 0 radical (unpaired) electrons. The van der Waals surface area contributed by atoms with Gasteiger partial charge in [0.2, 0.25) is 0 Å². The summed E-state index contributed by atoms with van der Waals surface area (Å²) in [6.45, 7) is 0.546. The van der Waals surface area contributed by atoms with E-state index in [1.54, 1.807) is 31.4 Å². The number of nitrogens with zero attached hydrogens (tertiary/aromatic N) is 2. The molecule has 8 heteroatoms. The van der Waals surface area contributed by atoms with Gasteiger partial charge in [-0.1, -0.05) is 23.7 Å². The van der Waals surface area contributed by atoms with Gasteiger partial charge >= 0.3 is 0 Å². The smallest absolute Gasteiger partial charge is 0.274 e. The Morgan fingerprint density at radius 3 is 2.54 bits per heavy atom. The van der Waals surface area contributed by atoms with Gasteiger partial charge in [-0.3, -0.25) is 4.79 Å². The Kier molecular flexibility index (Phi) is 6.29. The summed E-state index contributed by atoms with van der Waals surface area (Å²) >= 11 is 6.00. The molecule has 0 bridgehead atoms. The second-order valence-electron chi connectivity index (χ2n) is 5.79. The van der Waals surface area contributed by atoms with Crippen LogP contribution in [-0.4, -0.2) is 30.1 Å². The molecule has 3 aromatic rings. The number of aromatic nitrogens is 2. The van der Waals surface area contributed by atoms with Crippen LogP contribution < -0.4 is 20.1 Å². The fourth-order valence-corrected chi connectivity index (χ4v) is 2.65. The van der Waals surface area contributed by atoms with Gasteiger partial charge in [0.05, 0.1) is 19.9 Å². The van der Waals surface area contributed by atoms with E-state index in [1.807, 2.05) is 24.3 Å². The highest BCUT2D eigenvalue weighted by atomic mass is 35.5. The molecule has 28 heavy (non-hydrogen) atoms. The first-order chi connectivity index (χ1) is 13.6. The molecule has 0 spiro atoms. The van der Waals surface area contributed by atoms with Crippen molar-refractivity contribution in [1.82, 2.24) is 9.97 Å². The molecule has 2 N–H and O–H groups in total. The lowest BCUT2D eigenvalue weighted by Gasteiger charge is -2.11. The van der Waals surface area contributed by atoms with E-state index in [-0.39, 0.29) is 5.69 Å². The molecule has 0 atom stereocenters. The average molecular weight is 399 g/mol. The zero-order valence-corrected chi connectivity index (χ0v) is 16.2. The summed E-state index contributed by atoms with van der Waals surface area (Å²) in [6.07, 6.45) is 1.33. The summed E-state index contributed by atoms with van der Waals surface area (Å²) in [5, 5.41) is 6.41. The van der Waals surface area contributed by atoms with Gasteiger partial charge in [0.15, 0.2) is 0 Å². The number of nitrogens with one attached hydrogen (secondary N) is 2. The van der Waals surface area contributed by atoms with Crippen molar-refractivity contribution in [2.75, 3.05) is 24.9 Å². The van der Waals surface area contributed by atoms with E-state index >= 15 is 0 Å². The zero-order chi connectivity index (χ0) is 19.9. The minimum absolute atomic E-state index is 0.217. The van der Waals surface area contributed by atoms with Crippen molar-refractivity contribution in [3.63, 3.8) is 0 Å². The molecule has 1 heterocycles. The van der Waals surface area contributed by atoms with Crippen LogP contribution in [-0.2, 0) is 6.54 Å². The number of carbonyl (C=O) groups excluding carboxylic acids is 1. The van der Waals surface area contributed by atoms with Gasteiger partial charge in [-0.05, 0) is 35.9 Å². The summed E-state index contributed by atoms with van der Waals surface area (Å²) in [5.74, 6) is 1.44. The predicted molar refractivity (Wildman–Crippen MR) is 108 cm³/mol. The van der Waals surface area contributed by atoms with E-state index in [9.17, 15) is 4.79 Å². The van der Waals surface area contributed by atoms with E-state index in [2.05, 4.69) is 20.6 Å². The Hall–Kier alpha value is -3.32. The van der Waals surface area contributed by atoms with Crippen LogP contribution in [0.15, 0.2) is 54.9 Å². The standard InChI is InChI=1S/C20H19ClN4O3/c1-27-15-6-3-13(4-7-15)11-22-19-10-17(23-12-24-19)20(26)25-16-9-14(21)5-8-18(16)28-2/h3-10,12H,11H2,1-2H3,(H,25,26)(H,22,23,24). The molecule has 7 nitrogen and oxygen atoms in total. The third-order valence-electron chi connectivity index (χ3n) is 3.94. The van der Waals surface area contributed by atoms with Crippen molar-refractivity contribution in [1.29, 1.82) is 0 Å². The average Bonchev–Trinajstić information content (AvgIpc) is 2.73. The van der Waals surface area contributed by atoms with Gasteiger partial charge in [-0.2, -0.15) is 0 Å². The highest BCUT2D eigenvalue weighted by Gasteiger charge is 2.12. The van der Waals surface area contributed by atoms with E-state index in [0.29, 0.717) is 28.8 Å². The first-order valence-electron chi connectivity index (χ1n) is 8.43. The lowest BCUT2D eigenvalue weighted by molar-refractivity contribution is 0.102. The Morgan fingerprint density at radius 1 is 1.04 bits per heavy atom. The SMILES string of the molecule is COc1ccc(CNc2cc(C(=O)Nc3cc(Cl)ccc3OC)ncn2)cc1. The number of hydrogen-bond donors (Lipinski definition) is 2. The first-order valence-corrected chi connectivity index (χ1v) is 8.80. The molecule has 0 saturated carbocycles. The lowest BCUT2D eigenvalue weighted by atomic mass is 10.2. The molecule has 0 unspecified atom stereocenters. The lowest BCUT2D eigenvalue weighted by Crippen LogP contribution is -2.15. The number of rotatable bonds is 7. The fraction of sp³-hybridized carbons (Fsp3) is 0.150. The van der Waals surface area contributed by atoms with E-state index in [4.69, 9.17) is 21.1 Å². The highest BCUT2D eigenvalue weighted by molar-refractivity contribution is 6.31. The van der Waals surface area contributed by atoms with Crippen molar-refractivity contribution in [2.24, 2.45) is 0 Å². The molecular formula is C20H19ClN4O3. The maximum atomic E-state index is 12.5. The topological polar surface area (TPSA) is 85.4 Å². The van der Waals surface area contributed by atoms with Crippen molar-refractivity contribution in [2.45, 2.75) is 6.54 Å². The number of benzene rings is 2. The second-order valence-corrected chi connectivity index (χ2v) is 6.23. The van der Waals surface area contributed by atoms with Crippen molar-refractivity contribution in [3.05, 3.63) is 71.1 Å². The molecule has 0 aliphatic rings. The van der Waals surface area contributed by atoms with Crippen molar-refractivity contribution >= 4 is 29.0 Å². The van der Waals surface area contributed by atoms with Gasteiger partial charge in [0, 0.05) is 17.6 Å². The van der Waals surface area contributed by atoms with Crippen LogP contribution >= 0.6 is 11.6 Å². The van der Waals surface area contributed by atoms with Crippen LogP contribution in [0.5, 0.6) is 11.5 Å². The largest absolute Gasteiger partial charge is 0.497 e. The molecule has 0 aliphatic heterocycles. The second kappa shape index (κ2) is 9.05. The molecule has 0 fully saturated rings. The van der Waals surface area contributed by atoms with Crippen LogP contribution in [0.4, 0.5) is 11.5 Å². The number of hydrogen-bond acceptors (Lipinski definition) is 6. The van der Waals surface area contributed by atoms with Crippen LogP contribution in [0.2, 0.25) is 5.02 Å². The number of ether oxygens (including phenoxy) is 2. The van der Waals surface area contributed by atoms with Crippen LogP contribution in [0.25, 0.3) is 0 Å². The molecule has 3 rings (SSSR count). The monoisotopic (exact) mass is 398 g/mol. The number of anilines is 2. The van der Waals surface area contributed by atoms with Gasteiger partial charge in [-0.15, -0.1) is 0 Å². The highest BCUT2D eigenvalue weighted by Crippen LogP contribution is 2.28. The summed E-state index contributed by atoms with van der Waals surface area (Å²) in [7, 11) is 3.14. The van der Waals surface area contributed by atoms with Crippen LogP contribution in [0, 0.1) is 0 Å². The number of carbonyl (C=O) groups is 1. The maximum Gasteiger partial charge on any atom is 0.274 e. The maximum absolute atomic E-state index is 12.5. The molecule has 2 aromatic carbocycles. The summed E-state index contributed by atoms with van der Waals surface area (Å²) in [6, 6.07) is 14.2. The number of methoxy groups -OCH3 is 2. The Bertz CT molecular complexity index is 964. The van der Waals surface area contributed by atoms with Gasteiger partial charge in [0.1, 0.15) is 29.3 Å². The summed E-state index contributed by atoms with van der Waals surface area (Å²) in [5.41, 5.74) is 1.73. The number of amides is 1. The zero-order valence-electron chi connectivity index (χ0n) is 15.4. The Balaban J connectivity index is 1.68. The third-order valence-corrected chi connectivity index (χ3v) is 4.18. The number of halogens is 1. The third kappa shape index (κ3) is 4.89.